The molecule has 1 aromatic rings. The van der Waals surface area contributed by atoms with Crippen LogP contribution >= 0.6 is 45.9 Å². The summed E-state index contributed by atoms with van der Waals surface area (Å²) in [7, 11) is 0. The van der Waals surface area contributed by atoms with Crippen molar-refractivity contribution in [3.63, 3.8) is 0 Å². The molecule has 0 unspecified atom stereocenters. The predicted octanol–water partition coefficient (Wildman–Crippen LogP) is 5.56. The van der Waals surface area contributed by atoms with E-state index in [0.29, 0.717) is 5.41 Å². The Morgan fingerprint density at radius 2 is 2.00 bits per heavy atom. The van der Waals surface area contributed by atoms with Gasteiger partial charge in [0.25, 0.3) is 0 Å². The van der Waals surface area contributed by atoms with Gasteiger partial charge < -0.3 is 0 Å². The molecule has 0 saturated carbocycles. The molecule has 0 aliphatic heterocycles. The fourth-order valence-corrected chi connectivity index (χ4v) is 3.53. The number of alkyl halides is 1. The van der Waals surface area contributed by atoms with Crippen LogP contribution in [-0.4, -0.2) is 10.1 Å². The number of rotatable bonds is 4. The SMILES string of the molecule is CC(C)(C)CS/C=C\c1nscc1C(C)(C)I. The lowest BCUT2D eigenvalue weighted by atomic mass is 10.0. The van der Waals surface area contributed by atoms with Gasteiger partial charge in [-0.1, -0.05) is 43.4 Å². The van der Waals surface area contributed by atoms with Gasteiger partial charge in [-0.2, -0.15) is 4.37 Å². The molecule has 0 amide bonds. The van der Waals surface area contributed by atoms with Crippen LogP contribution in [-0.2, 0) is 3.42 Å². The van der Waals surface area contributed by atoms with Gasteiger partial charge >= 0.3 is 0 Å². The van der Waals surface area contributed by atoms with E-state index in [1.807, 2.05) is 11.8 Å². The van der Waals surface area contributed by atoms with Gasteiger partial charge in [0.1, 0.15) is 0 Å². The fourth-order valence-electron chi connectivity index (χ4n) is 1.22. The van der Waals surface area contributed by atoms with Crippen molar-refractivity contribution in [2.24, 2.45) is 5.41 Å². The summed E-state index contributed by atoms with van der Waals surface area (Å²) in [6.07, 6.45) is 2.14. The molecule has 1 nitrogen and oxygen atoms in total. The Bertz CT molecular complexity index is 383. The van der Waals surface area contributed by atoms with Crippen molar-refractivity contribution in [1.82, 2.24) is 4.37 Å². The van der Waals surface area contributed by atoms with Crippen LogP contribution in [0.4, 0.5) is 0 Å². The number of nitrogens with zero attached hydrogens (tertiary/aromatic N) is 1. The Morgan fingerprint density at radius 3 is 2.53 bits per heavy atom. The average molecular weight is 381 g/mol. The van der Waals surface area contributed by atoms with Crippen LogP contribution in [0.2, 0.25) is 0 Å². The Hall–Kier alpha value is 0.450. The molecule has 1 heterocycles. The average Bonchev–Trinajstić information content (AvgIpc) is 2.58. The van der Waals surface area contributed by atoms with Crippen LogP contribution in [0.3, 0.4) is 0 Å². The molecule has 0 atom stereocenters. The molecule has 0 bridgehead atoms. The largest absolute Gasteiger partial charge is 0.193 e. The highest BCUT2D eigenvalue weighted by molar-refractivity contribution is 14.1. The van der Waals surface area contributed by atoms with Gasteiger partial charge in [-0.25, -0.2) is 0 Å². The third-order valence-electron chi connectivity index (χ3n) is 2.08. The van der Waals surface area contributed by atoms with E-state index in [9.17, 15) is 0 Å². The summed E-state index contributed by atoms with van der Waals surface area (Å²) in [6, 6.07) is 0. The van der Waals surface area contributed by atoms with Crippen LogP contribution in [0.25, 0.3) is 6.08 Å². The molecule has 0 aliphatic carbocycles. The lowest BCUT2D eigenvalue weighted by molar-refractivity contribution is 0.481. The minimum absolute atomic E-state index is 0.152. The van der Waals surface area contributed by atoms with Crippen molar-refractivity contribution in [3.05, 3.63) is 22.0 Å². The van der Waals surface area contributed by atoms with E-state index >= 15 is 0 Å². The molecule has 17 heavy (non-hydrogen) atoms. The third kappa shape index (κ3) is 5.75. The Morgan fingerprint density at radius 1 is 1.35 bits per heavy atom. The van der Waals surface area contributed by atoms with Gasteiger partial charge in [0.2, 0.25) is 0 Å². The first-order valence-corrected chi connectivity index (χ1v) is 8.58. The van der Waals surface area contributed by atoms with Crippen LogP contribution in [0.1, 0.15) is 45.9 Å². The molecule has 4 heteroatoms. The maximum atomic E-state index is 4.45. The summed E-state index contributed by atoms with van der Waals surface area (Å²) in [5.41, 5.74) is 2.83. The van der Waals surface area contributed by atoms with Crippen LogP contribution in [0, 0.1) is 5.41 Å². The molecule has 0 saturated heterocycles. The highest BCUT2D eigenvalue weighted by Crippen LogP contribution is 2.34. The molecule has 1 aromatic heterocycles. The zero-order valence-corrected chi connectivity index (χ0v) is 14.9. The van der Waals surface area contributed by atoms with Gasteiger partial charge in [0.05, 0.1) is 5.69 Å². The van der Waals surface area contributed by atoms with Crippen molar-refractivity contribution >= 4 is 52.0 Å². The lowest BCUT2D eigenvalue weighted by Gasteiger charge is -2.16. The molecule has 1 rings (SSSR count). The van der Waals surface area contributed by atoms with Crippen molar-refractivity contribution in [2.75, 3.05) is 5.75 Å². The summed E-state index contributed by atoms with van der Waals surface area (Å²) in [4.78, 5) is 0. The van der Waals surface area contributed by atoms with E-state index in [-0.39, 0.29) is 3.42 Å². The van der Waals surface area contributed by atoms with Crippen molar-refractivity contribution in [3.8, 4) is 0 Å². The molecule has 0 aliphatic rings. The van der Waals surface area contributed by atoms with Crippen molar-refractivity contribution < 1.29 is 0 Å². The van der Waals surface area contributed by atoms with Crippen LogP contribution in [0.5, 0.6) is 0 Å². The number of hydrogen-bond donors (Lipinski definition) is 0. The van der Waals surface area contributed by atoms with Gasteiger partial charge in [0.15, 0.2) is 0 Å². The van der Waals surface area contributed by atoms with Gasteiger partial charge in [0, 0.05) is 20.1 Å². The van der Waals surface area contributed by atoms with Gasteiger partial charge in [-0.05, 0) is 42.3 Å². The molecular weight excluding hydrogens is 361 g/mol. The normalized spacial score (nSPS) is 13.5. The standard InChI is InChI=1S/C13H20INS2/c1-12(2,3)9-16-7-6-11-10(8-17-15-11)13(4,5)14/h6-8H,9H2,1-5H3/b7-6-. The summed E-state index contributed by atoms with van der Waals surface area (Å²) in [6.45, 7) is 11.2. The molecule has 0 spiro atoms. The van der Waals surface area contributed by atoms with E-state index in [0.717, 1.165) is 11.4 Å². The highest BCUT2D eigenvalue weighted by Gasteiger charge is 2.20. The second-order valence-corrected chi connectivity index (χ2v) is 9.98. The minimum Gasteiger partial charge on any atom is -0.193 e. The monoisotopic (exact) mass is 381 g/mol. The van der Waals surface area contributed by atoms with E-state index in [2.05, 4.69) is 78.4 Å². The maximum Gasteiger partial charge on any atom is 0.0818 e. The topological polar surface area (TPSA) is 12.9 Å². The second kappa shape index (κ2) is 6.06. The molecule has 0 radical (unpaired) electrons. The number of hydrogen-bond acceptors (Lipinski definition) is 3. The summed E-state index contributed by atoms with van der Waals surface area (Å²) >= 11 is 5.87. The van der Waals surface area contributed by atoms with E-state index in [1.54, 1.807) is 11.5 Å². The first-order chi connectivity index (χ1) is 7.70. The lowest BCUT2D eigenvalue weighted by Crippen LogP contribution is -2.07. The molecule has 0 N–H and O–H groups in total. The van der Waals surface area contributed by atoms with Crippen molar-refractivity contribution in [1.29, 1.82) is 0 Å². The number of aromatic nitrogens is 1. The summed E-state index contributed by atoms with van der Waals surface area (Å²) < 4.78 is 4.61. The van der Waals surface area contributed by atoms with Gasteiger partial charge in [-0.3, -0.25) is 0 Å². The van der Waals surface area contributed by atoms with Crippen molar-refractivity contribution in [2.45, 2.75) is 38.0 Å². The fraction of sp³-hybridized carbons (Fsp3) is 0.615. The highest BCUT2D eigenvalue weighted by atomic mass is 127. The Kier molecular flexibility index (Phi) is 5.53. The first-order valence-electron chi connectivity index (χ1n) is 5.62. The van der Waals surface area contributed by atoms with Crippen LogP contribution in [0.15, 0.2) is 10.8 Å². The Balaban J connectivity index is 2.64. The molecule has 0 fully saturated rings. The Labute approximate surface area is 127 Å². The third-order valence-corrected chi connectivity index (χ3v) is 4.66. The zero-order valence-electron chi connectivity index (χ0n) is 11.1. The summed E-state index contributed by atoms with van der Waals surface area (Å²) in [5.74, 6) is 1.14. The first kappa shape index (κ1) is 15.5. The molecule has 0 aromatic carbocycles. The summed E-state index contributed by atoms with van der Waals surface area (Å²) in [5, 5.41) is 4.33. The molecular formula is C13H20INS2. The quantitative estimate of drug-likeness (QED) is 0.500. The van der Waals surface area contributed by atoms with Gasteiger partial charge in [-0.15, -0.1) is 11.8 Å². The maximum absolute atomic E-state index is 4.45. The van der Waals surface area contributed by atoms with E-state index in [1.165, 1.54) is 5.56 Å². The number of halogens is 1. The zero-order chi connectivity index (χ0) is 13.1. The minimum atomic E-state index is 0.152. The second-order valence-electron chi connectivity index (χ2n) is 5.76. The number of thioether (sulfide) groups is 1. The van der Waals surface area contributed by atoms with Crippen LogP contribution < -0.4 is 0 Å². The predicted molar refractivity (Wildman–Crippen MR) is 90.1 cm³/mol. The van der Waals surface area contributed by atoms with E-state index in [4.69, 9.17) is 0 Å². The van der Waals surface area contributed by atoms with E-state index < -0.39 is 0 Å². The smallest absolute Gasteiger partial charge is 0.0818 e. The molecule has 96 valence electrons.